The standard InChI is InChI=1S/C16H24N2O/c1-13-5-7-15(8-6-13)19-11-14(2)18-10-9-16(3,4)12-17/h5-8,14,18H,9-11H2,1-4H3. The Balaban J connectivity index is 2.23. The molecule has 1 atom stereocenters. The van der Waals surface area contributed by atoms with Crippen molar-refractivity contribution in [2.24, 2.45) is 5.41 Å². The molecule has 1 unspecified atom stereocenters. The Labute approximate surface area is 116 Å². The second kappa shape index (κ2) is 7.16. The van der Waals surface area contributed by atoms with Crippen molar-refractivity contribution in [1.29, 1.82) is 5.26 Å². The first-order chi connectivity index (χ1) is 8.93. The van der Waals surface area contributed by atoms with Crippen LogP contribution in [-0.2, 0) is 0 Å². The van der Waals surface area contributed by atoms with E-state index in [9.17, 15) is 0 Å². The minimum absolute atomic E-state index is 0.259. The number of nitriles is 1. The van der Waals surface area contributed by atoms with Crippen molar-refractivity contribution in [3.63, 3.8) is 0 Å². The minimum atomic E-state index is -0.259. The van der Waals surface area contributed by atoms with Gasteiger partial charge in [-0.05, 0) is 52.8 Å². The van der Waals surface area contributed by atoms with Crippen LogP contribution in [0.4, 0.5) is 0 Å². The Morgan fingerprint density at radius 2 is 1.95 bits per heavy atom. The van der Waals surface area contributed by atoms with Crippen molar-refractivity contribution < 1.29 is 4.74 Å². The Kier molecular flexibility index (Phi) is 5.85. The molecule has 0 aromatic heterocycles. The molecule has 3 nitrogen and oxygen atoms in total. The smallest absolute Gasteiger partial charge is 0.119 e. The molecule has 19 heavy (non-hydrogen) atoms. The predicted molar refractivity (Wildman–Crippen MR) is 78.1 cm³/mol. The highest BCUT2D eigenvalue weighted by molar-refractivity contribution is 5.26. The SMILES string of the molecule is Cc1ccc(OCC(C)NCCC(C)(C)C#N)cc1. The van der Waals surface area contributed by atoms with Crippen LogP contribution in [0.2, 0.25) is 0 Å². The van der Waals surface area contributed by atoms with E-state index in [0.717, 1.165) is 18.7 Å². The van der Waals surface area contributed by atoms with Gasteiger partial charge in [0.25, 0.3) is 0 Å². The van der Waals surface area contributed by atoms with Crippen molar-refractivity contribution in [3.05, 3.63) is 29.8 Å². The summed E-state index contributed by atoms with van der Waals surface area (Å²) < 4.78 is 5.70. The van der Waals surface area contributed by atoms with Crippen molar-refractivity contribution >= 4 is 0 Å². The number of nitrogens with zero attached hydrogens (tertiary/aromatic N) is 1. The third-order valence-corrected chi connectivity index (χ3v) is 3.07. The maximum Gasteiger partial charge on any atom is 0.119 e. The number of rotatable bonds is 7. The van der Waals surface area contributed by atoms with Crippen molar-refractivity contribution in [3.8, 4) is 11.8 Å². The molecule has 0 saturated heterocycles. The van der Waals surface area contributed by atoms with Gasteiger partial charge in [0.1, 0.15) is 12.4 Å². The molecule has 1 aromatic carbocycles. The third kappa shape index (κ3) is 6.26. The van der Waals surface area contributed by atoms with E-state index >= 15 is 0 Å². The molecule has 0 saturated carbocycles. The molecule has 0 spiro atoms. The van der Waals surface area contributed by atoms with Crippen LogP contribution in [-0.4, -0.2) is 19.2 Å². The first-order valence-electron chi connectivity index (χ1n) is 6.77. The van der Waals surface area contributed by atoms with Crippen LogP contribution >= 0.6 is 0 Å². The number of nitrogens with one attached hydrogen (secondary N) is 1. The van der Waals surface area contributed by atoms with Gasteiger partial charge in [0.05, 0.1) is 11.5 Å². The molecule has 1 aromatic rings. The molecular formula is C16H24N2O. The van der Waals surface area contributed by atoms with E-state index in [0.29, 0.717) is 6.61 Å². The Hall–Kier alpha value is -1.53. The molecule has 3 heteroatoms. The van der Waals surface area contributed by atoms with Gasteiger partial charge in [-0.25, -0.2) is 0 Å². The van der Waals surface area contributed by atoms with E-state index in [1.165, 1.54) is 5.56 Å². The van der Waals surface area contributed by atoms with Gasteiger partial charge in [0.15, 0.2) is 0 Å². The second-order valence-electron chi connectivity index (χ2n) is 5.72. The van der Waals surface area contributed by atoms with E-state index in [1.54, 1.807) is 0 Å². The molecule has 1 N–H and O–H groups in total. The molecule has 0 aliphatic heterocycles. The number of hydrogen-bond donors (Lipinski definition) is 1. The van der Waals surface area contributed by atoms with Crippen LogP contribution < -0.4 is 10.1 Å². The lowest BCUT2D eigenvalue weighted by atomic mass is 9.91. The molecule has 0 aliphatic rings. The average molecular weight is 260 g/mol. The van der Waals surface area contributed by atoms with E-state index in [-0.39, 0.29) is 11.5 Å². The lowest BCUT2D eigenvalue weighted by Crippen LogP contribution is -2.34. The fourth-order valence-corrected chi connectivity index (χ4v) is 1.60. The normalized spacial score (nSPS) is 12.8. The topological polar surface area (TPSA) is 45.0 Å². The summed E-state index contributed by atoms with van der Waals surface area (Å²) in [5.74, 6) is 0.900. The summed E-state index contributed by atoms with van der Waals surface area (Å²) in [6.07, 6.45) is 0.846. The van der Waals surface area contributed by atoms with Crippen LogP contribution in [0.25, 0.3) is 0 Å². The van der Waals surface area contributed by atoms with Crippen LogP contribution in [0.3, 0.4) is 0 Å². The summed E-state index contributed by atoms with van der Waals surface area (Å²) in [6.45, 7) is 9.54. The maximum atomic E-state index is 8.93. The van der Waals surface area contributed by atoms with E-state index in [2.05, 4.69) is 25.2 Å². The van der Waals surface area contributed by atoms with Gasteiger partial charge in [-0.2, -0.15) is 5.26 Å². The Morgan fingerprint density at radius 1 is 1.32 bits per heavy atom. The fourth-order valence-electron chi connectivity index (χ4n) is 1.60. The van der Waals surface area contributed by atoms with Gasteiger partial charge in [-0.1, -0.05) is 17.7 Å². The number of benzene rings is 1. The van der Waals surface area contributed by atoms with E-state index < -0.39 is 0 Å². The molecule has 0 radical (unpaired) electrons. The molecule has 0 fully saturated rings. The minimum Gasteiger partial charge on any atom is -0.492 e. The number of aryl methyl sites for hydroxylation is 1. The Morgan fingerprint density at radius 3 is 2.53 bits per heavy atom. The van der Waals surface area contributed by atoms with Crippen molar-refractivity contribution in [1.82, 2.24) is 5.32 Å². The highest BCUT2D eigenvalue weighted by Crippen LogP contribution is 2.17. The second-order valence-corrected chi connectivity index (χ2v) is 5.72. The van der Waals surface area contributed by atoms with Gasteiger partial charge < -0.3 is 10.1 Å². The van der Waals surface area contributed by atoms with Gasteiger partial charge in [-0.15, -0.1) is 0 Å². The molecule has 0 bridgehead atoms. The lowest BCUT2D eigenvalue weighted by Gasteiger charge is -2.19. The van der Waals surface area contributed by atoms with Crippen molar-refractivity contribution in [2.45, 2.75) is 40.2 Å². The molecule has 0 amide bonds. The first kappa shape index (κ1) is 15.5. The summed E-state index contributed by atoms with van der Waals surface area (Å²) in [4.78, 5) is 0. The molecule has 104 valence electrons. The zero-order chi connectivity index (χ0) is 14.3. The van der Waals surface area contributed by atoms with Crippen LogP contribution in [0.5, 0.6) is 5.75 Å². The summed E-state index contributed by atoms with van der Waals surface area (Å²) in [5, 5.41) is 12.3. The van der Waals surface area contributed by atoms with E-state index in [1.807, 2.05) is 38.1 Å². The van der Waals surface area contributed by atoms with Gasteiger partial charge >= 0.3 is 0 Å². The van der Waals surface area contributed by atoms with Crippen LogP contribution in [0, 0.1) is 23.7 Å². The van der Waals surface area contributed by atoms with Gasteiger partial charge in [0, 0.05) is 6.04 Å². The summed E-state index contributed by atoms with van der Waals surface area (Å²) >= 11 is 0. The molecule has 0 aliphatic carbocycles. The van der Waals surface area contributed by atoms with Gasteiger partial charge in [0.2, 0.25) is 0 Å². The highest BCUT2D eigenvalue weighted by Gasteiger charge is 2.16. The Bertz CT molecular complexity index is 417. The van der Waals surface area contributed by atoms with Gasteiger partial charge in [-0.3, -0.25) is 0 Å². The predicted octanol–water partition coefficient (Wildman–Crippen LogP) is 3.29. The summed E-state index contributed by atoms with van der Waals surface area (Å²) in [7, 11) is 0. The quantitative estimate of drug-likeness (QED) is 0.818. The number of ether oxygens (including phenoxy) is 1. The number of hydrogen-bond acceptors (Lipinski definition) is 3. The summed E-state index contributed by atoms with van der Waals surface area (Å²) in [6, 6.07) is 10.6. The maximum absolute atomic E-state index is 8.93. The zero-order valence-electron chi connectivity index (χ0n) is 12.4. The summed E-state index contributed by atoms with van der Waals surface area (Å²) in [5.41, 5.74) is 0.974. The highest BCUT2D eigenvalue weighted by atomic mass is 16.5. The zero-order valence-corrected chi connectivity index (χ0v) is 12.4. The molecular weight excluding hydrogens is 236 g/mol. The lowest BCUT2D eigenvalue weighted by molar-refractivity contribution is 0.268. The van der Waals surface area contributed by atoms with Crippen LogP contribution in [0.15, 0.2) is 24.3 Å². The van der Waals surface area contributed by atoms with E-state index in [4.69, 9.17) is 10.00 Å². The largest absolute Gasteiger partial charge is 0.492 e. The van der Waals surface area contributed by atoms with Crippen molar-refractivity contribution in [2.75, 3.05) is 13.2 Å². The average Bonchev–Trinajstić information content (AvgIpc) is 2.38. The molecule has 1 rings (SSSR count). The van der Waals surface area contributed by atoms with Crippen LogP contribution in [0.1, 0.15) is 32.8 Å². The first-order valence-corrected chi connectivity index (χ1v) is 6.77. The monoisotopic (exact) mass is 260 g/mol. The third-order valence-electron chi connectivity index (χ3n) is 3.07. The fraction of sp³-hybridized carbons (Fsp3) is 0.562. The molecule has 0 heterocycles.